The van der Waals surface area contributed by atoms with E-state index in [2.05, 4.69) is 332 Å². The largest absolute Gasteiger partial charge is 0.361 e. The van der Waals surface area contributed by atoms with Crippen molar-refractivity contribution in [1.82, 2.24) is 0 Å². The van der Waals surface area contributed by atoms with Crippen LogP contribution in [0.25, 0.3) is 39.0 Å². The highest BCUT2D eigenvalue weighted by atomic mass is 15.1. The number of fused-ring (bicyclic) bond motifs is 1. The molecule has 78 heavy (non-hydrogen) atoms. The van der Waals surface area contributed by atoms with Gasteiger partial charge in [0, 0.05) is 45.9 Å². The van der Waals surface area contributed by atoms with Gasteiger partial charge in [-0.3, -0.25) is 0 Å². The van der Waals surface area contributed by atoms with Gasteiger partial charge in [-0.25, -0.2) is 0 Å². The Hall–Kier alpha value is -9.18. The molecule has 9 aromatic rings. The second-order valence-corrected chi connectivity index (χ2v) is 20.7. The number of nitrogens with one attached hydrogen (secondary N) is 2. The summed E-state index contributed by atoms with van der Waals surface area (Å²) < 4.78 is 0. The summed E-state index contributed by atoms with van der Waals surface area (Å²) in [6.07, 6.45) is 22.0. The minimum Gasteiger partial charge on any atom is -0.361 e. The summed E-state index contributed by atoms with van der Waals surface area (Å²) in [7, 11) is 0. The number of rotatable bonds is 13. The average Bonchev–Trinajstić information content (AvgIpc) is 3.55. The van der Waals surface area contributed by atoms with Crippen LogP contribution in [-0.4, -0.2) is 0 Å². The number of para-hydroxylation sites is 1. The zero-order valence-electron chi connectivity index (χ0n) is 46.3. The lowest BCUT2D eigenvalue weighted by Gasteiger charge is -2.38. The van der Waals surface area contributed by atoms with E-state index in [-0.39, 0.29) is 0 Å². The van der Waals surface area contributed by atoms with Crippen molar-refractivity contribution in [2.24, 2.45) is 0 Å². The Labute approximate surface area is 463 Å². The molecule has 10 rings (SSSR count). The van der Waals surface area contributed by atoms with Crippen LogP contribution in [0.3, 0.4) is 0 Å². The van der Waals surface area contributed by atoms with E-state index in [9.17, 15) is 0 Å². The first-order valence-electron chi connectivity index (χ1n) is 27.2. The van der Waals surface area contributed by atoms with Gasteiger partial charge in [0.15, 0.2) is 0 Å². The molecule has 9 aromatic carbocycles. The van der Waals surface area contributed by atoms with E-state index in [4.69, 9.17) is 0 Å². The predicted molar refractivity (Wildman–Crippen MR) is 337 cm³/mol. The summed E-state index contributed by atoms with van der Waals surface area (Å²) in [5.74, 6) is 0. The summed E-state index contributed by atoms with van der Waals surface area (Å²) in [6, 6.07) is 73.5. The summed E-state index contributed by atoms with van der Waals surface area (Å²) >= 11 is 0. The molecule has 0 bridgehead atoms. The molecule has 0 saturated heterocycles. The Morgan fingerprint density at radius 1 is 0.487 bits per heavy atom. The monoisotopic (exact) mass is 1010 g/mol. The molecule has 0 amide bonds. The second kappa shape index (κ2) is 23.4. The zero-order chi connectivity index (χ0) is 54.2. The van der Waals surface area contributed by atoms with E-state index in [1.54, 1.807) is 0 Å². The van der Waals surface area contributed by atoms with Gasteiger partial charge in [-0.05, 0) is 201 Å². The molecule has 0 aliphatic carbocycles. The summed E-state index contributed by atoms with van der Waals surface area (Å²) in [6.45, 7) is 17.6. The first-order valence-corrected chi connectivity index (χ1v) is 27.2. The lowest BCUT2D eigenvalue weighted by atomic mass is 9.65. The smallest absolute Gasteiger partial charge is 0.0661 e. The van der Waals surface area contributed by atoms with Gasteiger partial charge in [0.1, 0.15) is 0 Å². The van der Waals surface area contributed by atoms with Crippen LogP contribution in [0, 0.1) is 41.5 Å². The third-order valence-electron chi connectivity index (χ3n) is 15.0. The highest BCUT2D eigenvalue weighted by Crippen LogP contribution is 2.52. The molecule has 0 spiro atoms. The first kappa shape index (κ1) is 52.3. The van der Waals surface area contributed by atoms with Gasteiger partial charge in [-0.1, -0.05) is 199 Å². The molecule has 0 saturated carbocycles. The Morgan fingerprint density at radius 3 is 1.74 bits per heavy atom. The molecule has 384 valence electrons. The van der Waals surface area contributed by atoms with Crippen LogP contribution in [0.2, 0.25) is 0 Å². The van der Waals surface area contributed by atoms with Gasteiger partial charge in [0.2, 0.25) is 0 Å². The maximum Gasteiger partial charge on any atom is 0.0661 e. The van der Waals surface area contributed by atoms with Crippen LogP contribution >= 0.6 is 0 Å². The Kier molecular flexibility index (Phi) is 15.7. The van der Waals surface area contributed by atoms with Crippen molar-refractivity contribution < 1.29 is 0 Å². The van der Waals surface area contributed by atoms with E-state index in [0.29, 0.717) is 0 Å². The lowest BCUT2D eigenvalue weighted by molar-refractivity contribution is 0.838. The molecule has 2 N–H and O–H groups in total. The number of hydrogen-bond donors (Lipinski definition) is 2. The van der Waals surface area contributed by atoms with Crippen molar-refractivity contribution in [2.45, 2.75) is 60.8 Å². The molecule has 0 aromatic heterocycles. The number of benzene rings is 9. The first-order chi connectivity index (χ1) is 38.0. The van der Waals surface area contributed by atoms with E-state index in [1.165, 1.54) is 44.5 Å². The summed E-state index contributed by atoms with van der Waals surface area (Å²) in [5.41, 5.74) is 25.4. The number of allylic oxidation sites excluding steroid dienone is 11. The minimum atomic E-state index is -0.802. The number of anilines is 6. The lowest BCUT2D eigenvalue weighted by Crippen LogP contribution is -2.29. The van der Waals surface area contributed by atoms with Gasteiger partial charge in [0.25, 0.3) is 0 Å². The van der Waals surface area contributed by atoms with E-state index in [0.717, 1.165) is 84.2 Å². The van der Waals surface area contributed by atoms with Crippen molar-refractivity contribution in [1.29, 1.82) is 0 Å². The second-order valence-electron chi connectivity index (χ2n) is 20.7. The summed E-state index contributed by atoms with van der Waals surface area (Å²) in [4.78, 5) is 2.38. The third kappa shape index (κ3) is 11.1. The Bertz CT molecular complexity index is 3710. The van der Waals surface area contributed by atoms with Gasteiger partial charge in [-0.2, -0.15) is 0 Å². The van der Waals surface area contributed by atoms with Gasteiger partial charge in [-0.15, -0.1) is 0 Å². The molecule has 1 atom stereocenters. The number of nitrogens with zero attached hydrogens (tertiary/aromatic N) is 1. The van der Waals surface area contributed by atoms with Crippen molar-refractivity contribution in [3.63, 3.8) is 0 Å². The number of aryl methyl sites for hydroxylation is 5. The van der Waals surface area contributed by atoms with Crippen molar-refractivity contribution in [3.05, 3.63) is 317 Å². The molecule has 0 radical (unpaired) electrons. The van der Waals surface area contributed by atoms with Crippen LogP contribution in [0.1, 0.15) is 63.9 Å². The molecule has 1 aliphatic heterocycles. The maximum atomic E-state index is 3.98. The van der Waals surface area contributed by atoms with E-state index in [1.807, 2.05) is 0 Å². The van der Waals surface area contributed by atoms with Crippen LogP contribution in [-0.2, 0) is 5.41 Å². The molecule has 1 unspecified atom stereocenters. The van der Waals surface area contributed by atoms with E-state index >= 15 is 0 Å². The fourth-order valence-electron chi connectivity index (χ4n) is 11.2. The standard InChI is InChI=1S/C75H69N3/c1-9-10-11-12-21-45-75(62-26-17-14-18-27-62)70(29-22-23-54(4)51-76-73-30-20-19-28-71(73)75)68-49-61(74-56(6)46-55(5)47-57(74)7)48-67(58(68)8)69-50-66(78(64-39-31-52(2)32-40-64)65-41-33-53(3)34-42-65)43-44-72(69)77-63-37-35-60(36-38-63)59-24-15-13-16-25-59/h9-51,76-77H,1-8H3/b10-9-,12-11-,23-22-,45-21+,54-51+,70-29+. The SMILES string of the molecule is C\C=C/C=C\C=C\C1(c2ccccc2)/C(c2cc(-c3c(C)cc(C)cc3C)cc(-c3cc(N(c4ccc(C)cc4)c4ccc(C)cc4)ccc3Nc3ccc(-c4ccccc4)cc3)c2C)=C/C=C\C(C)=C\Nc2ccccc21. The average molecular weight is 1010 g/mol. The Morgan fingerprint density at radius 2 is 1.08 bits per heavy atom. The molecule has 1 heterocycles. The number of hydrogen-bond acceptors (Lipinski definition) is 3. The van der Waals surface area contributed by atoms with Crippen molar-refractivity contribution in [3.8, 4) is 33.4 Å². The van der Waals surface area contributed by atoms with E-state index < -0.39 is 5.41 Å². The molecule has 0 fully saturated rings. The van der Waals surface area contributed by atoms with Gasteiger partial charge >= 0.3 is 0 Å². The maximum absolute atomic E-state index is 3.98. The zero-order valence-corrected chi connectivity index (χ0v) is 46.3. The molecule has 1 aliphatic rings. The summed E-state index contributed by atoms with van der Waals surface area (Å²) in [5, 5.41) is 7.76. The predicted octanol–water partition coefficient (Wildman–Crippen LogP) is 20.7. The highest BCUT2D eigenvalue weighted by Gasteiger charge is 2.39. The molecule has 3 nitrogen and oxygen atoms in total. The van der Waals surface area contributed by atoms with Crippen LogP contribution in [0.15, 0.2) is 267 Å². The quantitative estimate of drug-likeness (QED) is 0.113. The van der Waals surface area contributed by atoms with Crippen LogP contribution in [0.5, 0.6) is 0 Å². The normalized spacial score (nSPS) is 16.3. The molecular weight excluding hydrogens is 943 g/mol. The van der Waals surface area contributed by atoms with Crippen molar-refractivity contribution in [2.75, 3.05) is 15.5 Å². The minimum absolute atomic E-state index is 0.802. The topological polar surface area (TPSA) is 27.3 Å². The third-order valence-corrected chi connectivity index (χ3v) is 15.0. The van der Waals surface area contributed by atoms with Crippen LogP contribution < -0.4 is 15.5 Å². The fraction of sp³-hybridized carbons (Fsp3) is 0.120. The van der Waals surface area contributed by atoms with Gasteiger partial charge in [0.05, 0.1) is 5.41 Å². The molecule has 3 heteroatoms. The van der Waals surface area contributed by atoms with Crippen molar-refractivity contribution >= 4 is 39.7 Å². The highest BCUT2D eigenvalue weighted by molar-refractivity contribution is 5.96. The van der Waals surface area contributed by atoms with Crippen LogP contribution in [0.4, 0.5) is 34.1 Å². The van der Waals surface area contributed by atoms with Gasteiger partial charge < -0.3 is 15.5 Å². The molecular formula is C75H69N3. The Balaban J connectivity index is 1.31. The fourth-order valence-corrected chi connectivity index (χ4v) is 11.2.